The molecule has 1 amide bonds. The number of nitrogens with one attached hydrogen (secondary N) is 2. The highest BCUT2D eigenvalue weighted by Crippen LogP contribution is 2.28. The van der Waals surface area contributed by atoms with Crippen molar-refractivity contribution in [3.63, 3.8) is 0 Å². The Morgan fingerprint density at radius 3 is 2.80 bits per heavy atom. The number of rotatable bonds is 4. The van der Waals surface area contributed by atoms with Crippen molar-refractivity contribution in [3.05, 3.63) is 46.6 Å². The smallest absolute Gasteiger partial charge is 0.274 e. The minimum absolute atomic E-state index is 0.293. The number of anilines is 2. The first kappa shape index (κ1) is 14.3. The molecule has 0 atom stereocenters. The lowest BCUT2D eigenvalue weighted by Crippen LogP contribution is -2.14. The van der Waals surface area contributed by atoms with Crippen LogP contribution < -0.4 is 15.4 Å². The standard InChI is InChI=1S/C14H14BrN3O2/c1-16-13-5-3-4-10(17-13)14(19)18-11-8-9(15)6-7-12(11)20-2/h3-8H,1-2H3,(H,16,17)(H,18,19). The maximum atomic E-state index is 12.2. The Morgan fingerprint density at radius 1 is 1.30 bits per heavy atom. The molecule has 1 aromatic carbocycles. The summed E-state index contributed by atoms with van der Waals surface area (Å²) in [6.45, 7) is 0. The van der Waals surface area contributed by atoms with E-state index in [1.54, 1.807) is 44.5 Å². The monoisotopic (exact) mass is 335 g/mol. The molecule has 2 rings (SSSR count). The normalized spacial score (nSPS) is 9.95. The van der Waals surface area contributed by atoms with Crippen molar-refractivity contribution in [2.24, 2.45) is 0 Å². The van der Waals surface area contributed by atoms with Gasteiger partial charge >= 0.3 is 0 Å². The summed E-state index contributed by atoms with van der Waals surface area (Å²) in [5, 5.41) is 5.68. The maximum absolute atomic E-state index is 12.2. The molecule has 0 aliphatic rings. The number of halogens is 1. The van der Waals surface area contributed by atoms with E-state index >= 15 is 0 Å². The number of carbonyl (C=O) groups excluding carboxylic acids is 1. The highest BCUT2D eigenvalue weighted by molar-refractivity contribution is 9.10. The first-order valence-electron chi connectivity index (χ1n) is 5.93. The van der Waals surface area contributed by atoms with E-state index in [-0.39, 0.29) is 5.91 Å². The first-order valence-corrected chi connectivity index (χ1v) is 6.73. The molecule has 0 spiro atoms. The topological polar surface area (TPSA) is 63.2 Å². The van der Waals surface area contributed by atoms with Crippen LogP contribution in [0.1, 0.15) is 10.5 Å². The number of carbonyl (C=O) groups is 1. The molecule has 2 N–H and O–H groups in total. The molecule has 0 fully saturated rings. The lowest BCUT2D eigenvalue weighted by molar-refractivity contribution is 0.102. The number of ether oxygens (including phenoxy) is 1. The molecule has 2 aromatic rings. The third-order valence-corrected chi connectivity index (χ3v) is 3.14. The van der Waals surface area contributed by atoms with Crippen LogP contribution in [0, 0.1) is 0 Å². The average molecular weight is 336 g/mol. The Labute approximate surface area is 125 Å². The minimum Gasteiger partial charge on any atom is -0.495 e. The Bertz CT molecular complexity index is 632. The summed E-state index contributed by atoms with van der Waals surface area (Å²) < 4.78 is 6.07. The Kier molecular flexibility index (Phi) is 4.57. The molecule has 1 heterocycles. The van der Waals surface area contributed by atoms with Crippen LogP contribution in [0.4, 0.5) is 11.5 Å². The van der Waals surface area contributed by atoms with Crippen molar-refractivity contribution in [3.8, 4) is 5.75 Å². The number of amides is 1. The fourth-order valence-corrected chi connectivity index (χ4v) is 2.03. The van der Waals surface area contributed by atoms with Crippen LogP contribution in [0.25, 0.3) is 0 Å². The fourth-order valence-electron chi connectivity index (χ4n) is 1.66. The van der Waals surface area contributed by atoms with Crippen LogP contribution in [0.15, 0.2) is 40.9 Å². The van der Waals surface area contributed by atoms with Crippen molar-refractivity contribution >= 4 is 33.3 Å². The van der Waals surface area contributed by atoms with E-state index in [1.165, 1.54) is 0 Å². The summed E-state index contributed by atoms with van der Waals surface area (Å²) in [4.78, 5) is 16.4. The predicted octanol–water partition coefficient (Wildman–Crippen LogP) is 3.15. The number of benzene rings is 1. The van der Waals surface area contributed by atoms with Crippen molar-refractivity contribution < 1.29 is 9.53 Å². The minimum atomic E-state index is -0.293. The SMILES string of the molecule is CNc1cccc(C(=O)Nc2cc(Br)ccc2OC)n1. The molecule has 1 aromatic heterocycles. The second-order valence-corrected chi connectivity index (χ2v) is 4.87. The van der Waals surface area contributed by atoms with Crippen molar-refractivity contribution in [2.75, 3.05) is 24.8 Å². The number of aromatic nitrogens is 1. The highest BCUT2D eigenvalue weighted by Gasteiger charge is 2.11. The van der Waals surface area contributed by atoms with E-state index in [0.29, 0.717) is 22.9 Å². The zero-order valence-corrected chi connectivity index (χ0v) is 12.7. The van der Waals surface area contributed by atoms with Gasteiger partial charge in [0, 0.05) is 11.5 Å². The van der Waals surface area contributed by atoms with E-state index < -0.39 is 0 Å². The van der Waals surface area contributed by atoms with Gasteiger partial charge in [-0.05, 0) is 30.3 Å². The van der Waals surface area contributed by atoms with Crippen molar-refractivity contribution in [1.29, 1.82) is 0 Å². The summed E-state index contributed by atoms with van der Waals surface area (Å²) in [6, 6.07) is 10.6. The van der Waals surface area contributed by atoms with E-state index in [2.05, 4.69) is 31.5 Å². The Balaban J connectivity index is 2.25. The number of hydrogen-bond acceptors (Lipinski definition) is 4. The zero-order valence-electron chi connectivity index (χ0n) is 11.1. The molecular weight excluding hydrogens is 322 g/mol. The van der Waals surface area contributed by atoms with Crippen LogP contribution in [-0.2, 0) is 0 Å². The largest absolute Gasteiger partial charge is 0.495 e. The summed E-state index contributed by atoms with van der Waals surface area (Å²) in [7, 11) is 3.31. The van der Waals surface area contributed by atoms with Crippen LogP contribution >= 0.6 is 15.9 Å². The molecule has 0 saturated carbocycles. The third kappa shape index (κ3) is 3.27. The van der Waals surface area contributed by atoms with E-state index in [9.17, 15) is 4.79 Å². The molecule has 0 aliphatic heterocycles. The second-order valence-electron chi connectivity index (χ2n) is 3.96. The van der Waals surface area contributed by atoms with Gasteiger partial charge in [0.1, 0.15) is 17.3 Å². The van der Waals surface area contributed by atoms with Gasteiger partial charge in [0.05, 0.1) is 12.8 Å². The van der Waals surface area contributed by atoms with E-state index in [4.69, 9.17) is 4.74 Å². The predicted molar refractivity (Wildman–Crippen MR) is 82.4 cm³/mol. The van der Waals surface area contributed by atoms with Gasteiger partial charge < -0.3 is 15.4 Å². The van der Waals surface area contributed by atoms with Gasteiger partial charge in [-0.2, -0.15) is 0 Å². The van der Waals surface area contributed by atoms with Crippen LogP contribution in [0.5, 0.6) is 5.75 Å². The number of pyridine rings is 1. The lowest BCUT2D eigenvalue weighted by atomic mass is 10.2. The van der Waals surface area contributed by atoms with E-state index in [0.717, 1.165) is 4.47 Å². The summed E-state index contributed by atoms with van der Waals surface area (Å²) in [5.41, 5.74) is 0.919. The average Bonchev–Trinajstić information content (AvgIpc) is 2.47. The van der Waals surface area contributed by atoms with Gasteiger partial charge in [-0.25, -0.2) is 4.98 Å². The molecular formula is C14H14BrN3O2. The maximum Gasteiger partial charge on any atom is 0.274 e. The molecule has 6 heteroatoms. The first-order chi connectivity index (χ1) is 9.63. The molecule has 0 unspecified atom stereocenters. The molecule has 20 heavy (non-hydrogen) atoms. The van der Waals surface area contributed by atoms with Gasteiger partial charge in [0.15, 0.2) is 0 Å². The quantitative estimate of drug-likeness (QED) is 0.900. The summed E-state index contributed by atoms with van der Waals surface area (Å²) in [5.74, 6) is 0.934. The Morgan fingerprint density at radius 2 is 2.10 bits per heavy atom. The fraction of sp³-hybridized carbons (Fsp3) is 0.143. The van der Waals surface area contributed by atoms with Crippen LogP contribution in [0.3, 0.4) is 0 Å². The lowest BCUT2D eigenvalue weighted by Gasteiger charge is -2.10. The molecule has 0 saturated heterocycles. The van der Waals surface area contributed by atoms with Gasteiger partial charge in [0.2, 0.25) is 0 Å². The molecule has 0 radical (unpaired) electrons. The summed E-state index contributed by atoms with van der Waals surface area (Å²) >= 11 is 3.36. The number of nitrogens with zero attached hydrogens (tertiary/aromatic N) is 1. The number of methoxy groups -OCH3 is 1. The number of hydrogen-bond donors (Lipinski definition) is 2. The van der Waals surface area contributed by atoms with Gasteiger partial charge in [0.25, 0.3) is 5.91 Å². The molecule has 104 valence electrons. The van der Waals surface area contributed by atoms with Gasteiger partial charge in [-0.15, -0.1) is 0 Å². The van der Waals surface area contributed by atoms with Crippen molar-refractivity contribution in [1.82, 2.24) is 4.98 Å². The van der Waals surface area contributed by atoms with E-state index in [1.807, 2.05) is 6.07 Å². The van der Waals surface area contributed by atoms with Crippen LogP contribution in [-0.4, -0.2) is 25.0 Å². The zero-order chi connectivity index (χ0) is 14.5. The Hall–Kier alpha value is -2.08. The second kappa shape index (κ2) is 6.38. The molecule has 5 nitrogen and oxygen atoms in total. The molecule has 0 aliphatic carbocycles. The van der Waals surface area contributed by atoms with Gasteiger partial charge in [-0.3, -0.25) is 4.79 Å². The van der Waals surface area contributed by atoms with Gasteiger partial charge in [-0.1, -0.05) is 22.0 Å². The summed E-state index contributed by atoms with van der Waals surface area (Å²) in [6.07, 6.45) is 0. The van der Waals surface area contributed by atoms with Crippen molar-refractivity contribution in [2.45, 2.75) is 0 Å². The van der Waals surface area contributed by atoms with Crippen LogP contribution in [0.2, 0.25) is 0 Å². The molecule has 0 bridgehead atoms. The highest BCUT2D eigenvalue weighted by atomic mass is 79.9. The third-order valence-electron chi connectivity index (χ3n) is 2.65.